The van der Waals surface area contributed by atoms with Crippen LogP contribution in [0.1, 0.15) is 44.9 Å². The van der Waals surface area contributed by atoms with Gasteiger partial charge in [-0.1, -0.05) is 12.8 Å². The maximum atomic E-state index is 13.3. The average molecular weight is 435 g/mol. The third-order valence-electron chi connectivity index (χ3n) is 6.40. The number of hydrogen-bond acceptors (Lipinski definition) is 5. The smallest absolute Gasteiger partial charge is 0.250 e. The predicted octanol–water partition coefficient (Wildman–Crippen LogP) is 1.70. The quantitative estimate of drug-likeness (QED) is 0.762. The number of anilines is 2. The summed E-state index contributed by atoms with van der Waals surface area (Å²) in [5.74, 6) is -0.311. The highest BCUT2D eigenvalue weighted by Gasteiger charge is 2.40. The van der Waals surface area contributed by atoms with Crippen LogP contribution in [0, 0.1) is 0 Å². The van der Waals surface area contributed by atoms with Gasteiger partial charge in [-0.25, -0.2) is 12.7 Å². The fourth-order valence-electron chi connectivity index (χ4n) is 4.76. The normalized spacial score (nSPS) is 22.2. The van der Waals surface area contributed by atoms with Crippen molar-refractivity contribution < 1.29 is 18.0 Å². The Balaban J connectivity index is 1.69. The Morgan fingerprint density at radius 2 is 1.80 bits per heavy atom. The molecule has 2 aliphatic heterocycles. The van der Waals surface area contributed by atoms with Gasteiger partial charge < -0.3 is 10.2 Å². The monoisotopic (exact) mass is 434 g/mol. The number of nitrogens with zero attached hydrogens (tertiary/aromatic N) is 3. The zero-order valence-electron chi connectivity index (χ0n) is 17.6. The largest absolute Gasteiger partial charge is 0.358 e. The number of piperidine rings is 1. The first-order valence-electron chi connectivity index (χ1n) is 10.7. The molecule has 164 valence electrons. The number of carbonyl (C=O) groups excluding carboxylic acids is 2. The first-order valence-corrected chi connectivity index (χ1v) is 12.2. The lowest BCUT2D eigenvalue weighted by Crippen LogP contribution is -2.57. The van der Waals surface area contributed by atoms with E-state index in [0.29, 0.717) is 5.69 Å². The van der Waals surface area contributed by atoms with Gasteiger partial charge in [-0.05, 0) is 50.3 Å². The second kappa shape index (κ2) is 8.19. The zero-order chi connectivity index (χ0) is 21.5. The van der Waals surface area contributed by atoms with Crippen LogP contribution in [-0.2, 0) is 19.6 Å². The molecule has 0 aromatic heterocycles. The van der Waals surface area contributed by atoms with Crippen LogP contribution in [0.3, 0.4) is 0 Å². The molecule has 0 radical (unpaired) electrons. The van der Waals surface area contributed by atoms with Crippen molar-refractivity contribution in [1.29, 1.82) is 0 Å². The summed E-state index contributed by atoms with van der Waals surface area (Å²) in [7, 11) is -0.692. The fourth-order valence-corrected chi connectivity index (χ4v) is 5.68. The van der Waals surface area contributed by atoms with Crippen molar-refractivity contribution in [3.05, 3.63) is 18.2 Å². The van der Waals surface area contributed by atoms with Gasteiger partial charge in [0, 0.05) is 26.7 Å². The summed E-state index contributed by atoms with van der Waals surface area (Å²) in [4.78, 5) is 29.7. The van der Waals surface area contributed by atoms with Crippen molar-refractivity contribution in [2.45, 2.75) is 61.9 Å². The van der Waals surface area contributed by atoms with Crippen LogP contribution in [0.25, 0.3) is 0 Å². The summed E-state index contributed by atoms with van der Waals surface area (Å²) >= 11 is 0. The highest BCUT2D eigenvalue weighted by atomic mass is 32.2. The van der Waals surface area contributed by atoms with E-state index in [1.54, 1.807) is 12.1 Å². The lowest BCUT2D eigenvalue weighted by atomic mass is 9.96. The number of nitrogens with one attached hydrogen (secondary N) is 1. The van der Waals surface area contributed by atoms with Crippen molar-refractivity contribution in [3.63, 3.8) is 0 Å². The van der Waals surface area contributed by atoms with Gasteiger partial charge in [-0.3, -0.25) is 14.5 Å². The number of hydrogen-bond donors (Lipinski definition) is 1. The van der Waals surface area contributed by atoms with Crippen LogP contribution in [0.15, 0.2) is 23.1 Å². The molecule has 9 heteroatoms. The molecule has 1 aliphatic carbocycles. The second-order valence-electron chi connectivity index (χ2n) is 8.62. The minimum absolute atomic E-state index is 0.0852. The molecule has 1 aromatic rings. The molecular formula is C21H30N4O4S. The Kier molecular flexibility index (Phi) is 5.76. The number of carbonyl (C=O) groups is 2. The van der Waals surface area contributed by atoms with Gasteiger partial charge in [0.2, 0.25) is 21.8 Å². The Bertz CT molecular complexity index is 940. The minimum Gasteiger partial charge on any atom is -0.358 e. The summed E-state index contributed by atoms with van der Waals surface area (Å²) in [6.07, 6.45) is 6.87. The predicted molar refractivity (Wildman–Crippen MR) is 115 cm³/mol. The van der Waals surface area contributed by atoms with E-state index in [0.717, 1.165) is 61.5 Å². The van der Waals surface area contributed by atoms with E-state index >= 15 is 0 Å². The molecule has 2 heterocycles. The summed E-state index contributed by atoms with van der Waals surface area (Å²) in [6, 6.07) is 4.78. The molecule has 1 saturated carbocycles. The molecule has 3 aliphatic rings. The van der Waals surface area contributed by atoms with Gasteiger partial charge >= 0.3 is 0 Å². The molecule has 1 N–H and O–H groups in total. The van der Waals surface area contributed by atoms with E-state index < -0.39 is 10.0 Å². The van der Waals surface area contributed by atoms with Crippen LogP contribution in [0.2, 0.25) is 0 Å². The van der Waals surface area contributed by atoms with Crippen LogP contribution < -0.4 is 15.1 Å². The van der Waals surface area contributed by atoms with Crippen molar-refractivity contribution in [2.75, 3.05) is 37.0 Å². The van der Waals surface area contributed by atoms with Gasteiger partial charge in [0.1, 0.15) is 12.6 Å². The molecule has 0 spiro atoms. The molecule has 1 saturated heterocycles. The van der Waals surface area contributed by atoms with Crippen LogP contribution in [-0.4, -0.2) is 63.8 Å². The molecule has 1 unspecified atom stereocenters. The van der Waals surface area contributed by atoms with E-state index in [2.05, 4.69) is 10.2 Å². The van der Waals surface area contributed by atoms with Gasteiger partial charge in [-0.15, -0.1) is 0 Å². The van der Waals surface area contributed by atoms with E-state index in [9.17, 15) is 18.0 Å². The summed E-state index contributed by atoms with van der Waals surface area (Å²) in [5, 5.41) is 3.04. The Morgan fingerprint density at radius 1 is 1.10 bits per heavy atom. The number of benzene rings is 1. The third kappa shape index (κ3) is 3.80. The summed E-state index contributed by atoms with van der Waals surface area (Å²) in [5.41, 5.74) is 1.33. The lowest BCUT2D eigenvalue weighted by molar-refractivity contribution is -0.125. The Labute approximate surface area is 178 Å². The number of rotatable bonds is 5. The third-order valence-corrected chi connectivity index (χ3v) is 8.21. The van der Waals surface area contributed by atoms with Crippen molar-refractivity contribution >= 4 is 33.2 Å². The van der Waals surface area contributed by atoms with Crippen LogP contribution in [0.4, 0.5) is 11.4 Å². The highest BCUT2D eigenvalue weighted by molar-refractivity contribution is 7.89. The summed E-state index contributed by atoms with van der Waals surface area (Å²) < 4.78 is 26.5. The standard InChI is InChI=1S/C21H30N4O4S/c1-23(2)30(28,29)16-10-11-17-19(13-16)25(14-20(26)22-15-7-3-4-8-15)21(27)18-9-5-6-12-24(17)18/h10-11,13,15,18H,3-9,12,14H2,1-2H3,(H,22,26). The van der Waals surface area contributed by atoms with Crippen molar-refractivity contribution in [1.82, 2.24) is 9.62 Å². The van der Waals surface area contributed by atoms with Crippen molar-refractivity contribution in [3.8, 4) is 0 Å². The molecule has 4 rings (SSSR count). The molecule has 30 heavy (non-hydrogen) atoms. The Morgan fingerprint density at radius 3 is 2.50 bits per heavy atom. The molecule has 2 fully saturated rings. The highest BCUT2D eigenvalue weighted by Crippen LogP contribution is 2.40. The van der Waals surface area contributed by atoms with Gasteiger partial charge in [-0.2, -0.15) is 0 Å². The Hall–Kier alpha value is -2.13. The maximum Gasteiger partial charge on any atom is 0.250 e. The minimum atomic E-state index is -3.65. The molecule has 8 nitrogen and oxygen atoms in total. The molecule has 2 amide bonds. The lowest BCUT2D eigenvalue weighted by Gasteiger charge is -2.45. The number of amides is 2. The average Bonchev–Trinajstić information content (AvgIpc) is 3.23. The molecule has 1 aromatic carbocycles. The summed E-state index contributed by atoms with van der Waals surface area (Å²) in [6.45, 7) is 0.670. The van der Waals surface area contributed by atoms with Crippen LogP contribution in [0.5, 0.6) is 0 Å². The fraction of sp³-hybridized carbons (Fsp3) is 0.619. The number of sulfonamides is 1. The number of fused-ring (bicyclic) bond motifs is 3. The molecular weight excluding hydrogens is 404 g/mol. The van der Waals surface area contributed by atoms with Gasteiger partial charge in [0.05, 0.1) is 16.3 Å². The first kappa shape index (κ1) is 21.1. The SMILES string of the molecule is CN(C)S(=O)(=O)c1ccc2c(c1)N(CC(=O)NC1CCCC1)C(=O)C1CCCCN21. The van der Waals surface area contributed by atoms with E-state index in [4.69, 9.17) is 0 Å². The maximum absolute atomic E-state index is 13.3. The first-order chi connectivity index (χ1) is 14.3. The van der Waals surface area contributed by atoms with Crippen molar-refractivity contribution in [2.24, 2.45) is 0 Å². The molecule has 1 atom stereocenters. The zero-order valence-corrected chi connectivity index (χ0v) is 18.5. The van der Waals surface area contributed by atoms with Gasteiger partial charge in [0.15, 0.2) is 0 Å². The van der Waals surface area contributed by atoms with E-state index in [1.165, 1.54) is 25.1 Å². The topological polar surface area (TPSA) is 90.0 Å². The molecule has 0 bridgehead atoms. The van der Waals surface area contributed by atoms with Crippen LogP contribution >= 0.6 is 0 Å². The van der Waals surface area contributed by atoms with Gasteiger partial charge in [0.25, 0.3) is 0 Å². The van der Waals surface area contributed by atoms with E-state index in [-0.39, 0.29) is 35.3 Å². The second-order valence-corrected chi connectivity index (χ2v) is 10.8. The van der Waals surface area contributed by atoms with E-state index in [1.807, 2.05) is 0 Å².